The number of fused-ring (bicyclic) bond motifs is 1. The van der Waals surface area contributed by atoms with Crippen LogP contribution in [0.5, 0.6) is 0 Å². The van der Waals surface area contributed by atoms with Crippen LogP contribution >= 0.6 is 0 Å². The molecular formula is C17H15Zr. The van der Waals surface area contributed by atoms with Crippen LogP contribution in [0.3, 0.4) is 0 Å². The second-order valence-corrected chi connectivity index (χ2v) is 5.93. The van der Waals surface area contributed by atoms with E-state index in [4.69, 9.17) is 0 Å². The van der Waals surface area contributed by atoms with Crippen molar-refractivity contribution in [2.24, 2.45) is 0 Å². The number of allylic oxidation sites excluding steroid dienone is 7. The third-order valence-electron chi connectivity index (χ3n) is 3.58. The maximum absolute atomic E-state index is 2.34. The molecule has 0 saturated carbocycles. The molecular weight excluding hydrogens is 295 g/mol. The number of hydrogen-bond acceptors (Lipinski definition) is 0. The van der Waals surface area contributed by atoms with Crippen molar-refractivity contribution in [3.63, 3.8) is 0 Å². The van der Waals surface area contributed by atoms with Gasteiger partial charge >= 0.3 is 124 Å². The standard InChI is InChI=1S/C17H15.Zr/c1-2-5-13-8-9-15(12-13)17-11-10-14-6-3-4-7-16(14)17;/h3-11,17H,2H2,1H3;. The molecule has 2 aliphatic rings. The third kappa shape index (κ3) is 1.95. The maximum atomic E-state index is 2.34. The molecule has 87 valence electrons. The first-order chi connectivity index (χ1) is 8.81. The van der Waals surface area contributed by atoms with Gasteiger partial charge in [0.1, 0.15) is 0 Å². The van der Waals surface area contributed by atoms with Crippen LogP contribution in [0.2, 0.25) is 0 Å². The first-order valence-corrected chi connectivity index (χ1v) is 7.65. The molecule has 18 heavy (non-hydrogen) atoms. The minimum absolute atomic E-state index is 0.467. The van der Waals surface area contributed by atoms with E-state index in [0.29, 0.717) is 5.92 Å². The number of hydrogen-bond donors (Lipinski definition) is 0. The van der Waals surface area contributed by atoms with Gasteiger partial charge in [0.2, 0.25) is 0 Å². The molecule has 1 aromatic carbocycles. The van der Waals surface area contributed by atoms with E-state index in [1.54, 1.807) is 0 Å². The van der Waals surface area contributed by atoms with Crippen LogP contribution < -0.4 is 0 Å². The van der Waals surface area contributed by atoms with E-state index in [9.17, 15) is 0 Å². The summed E-state index contributed by atoms with van der Waals surface area (Å²) >= 11 is 1.52. The molecule has 1 atom stereocenters. The second-order valence-electron chi connectivity index (χ2n) is 4.70. The molecule has 0 amide bonds. The third-order valence-corrected chi connectivity index (χ3v) is 5.00. The Labute approximate surface area is 124 Å². The van der Waals surface area contributed by atoms with Crippen LogP contribution in [0, 0.1) is 0 Å². The average Bonchev–Trinajstić information content (AvgIpc) is 2.95. The molecule has 1 aromatic rings. The molecule has 0 heterocycles. The number of rotatable bonds is 2. The van der Waals surface area contributed by atoms with E-state index in [0.717, 1.165) is 6.42 Å². The topological polar surface area (TPSA) is 0 Å². The number of benzene rings is 1. The van der Waals surface area contributed by atoms with Crippen LogP contribution in [0.1, 0.15) is 30.4 Å². The van der Waals surface area contributed by atoms with E-state index in [-0.39, 0.29) is 0 Å². The van der Waals surface area contributed by atoms with Crippen molar-refractivity contribution in [2.75, 3.05) is 0 Å². The van der Waals surface area contributed by atoms with E-state index in [1.807, 2.05) is 0 Å². The van der Waals surface area contributed by atoms with Gasteiger partial charge in [0.15, 0.2) is 0 Å². The van der Waals surface area contributed by atoms with Crippen molar-refractivity contribution in [2.45, 2.75) is 19.3 Å². The SMILES string of the molecule is CCC=C1C=CC(C2C=Cc3ccccc32)=[C]1[Zr]. The van der Waals surface area contributed by atoms with Crippen LogP contribution in [0.15, 0.2) is 63.0 Å². The summed E-state index contributed by atoms with van der Waals surface area (Å²) in [5, 5.41) is 0. The Hall–Kier alpha value is -0.937. The van der Waals surface area contributed by atoms with Crippen molar-refractivity contribution < 1.29 is 24.7 Å². The van der Waals surface area contributed by atoms with E-state index in [1.165, 1.54) is 50.3 Å². The summed E-state index contributed by atoms with van der Waals surface area (Å²) in [6, 6.07) is 8.72. The summed E-state index contributed by atoms with van der Waals surface area (Å²) in [6.07, 6.45) is 12.6. The van der Waals surface area contributed by atoms with Crippen molar-refractivity contribution in [3.05, 3.63) is 74.1 Å². The summed E-state index contributed by atoms with van der Waals surface area (Å²) in [5.41, 5.74) is 5.76. The molecule has 0 nitrogen and oxygen atoms in total. The first-order valence-electron chi connectivity index (χ1n) is 6.42. The molecule has 0 saturated heterocycles. The van der Waals surface area contributed by atoms with Gasteiger partial charge in [-0.15, -0.1) is 0 Å². The first kappa shape index (κ1) is 12.1. The van der Waals surface area contributed by atoms with E-state index in [2.05, 4.69) is 61.6 Å². The van der Waals surface area contributed by atoms with Gasteiger partial charge < -0.3 is 0 Å². The zero-order valence-corrected chi connectivity index (χ0v) is 12.9. The molecule has 2 aliphatic carbocycles. The van der Waals surface area contributed by atoms with Crippen LogP contribution in [-0.2, 0) is 24.7 Å². The molecule has 0 bridgehead atoms. The normalized spacial score (nSPS) is 23.1. The minimum atomic E-state index is 0.467. The Balaban J connectivity index is 2.02. The second kappa shape index (κ2) is 4.98. The van der Waals surface area contributed by atoms with Gasteiger partial charge in [0, 0.05) is 0 Å². The molecule has 0 fully saturated rings. The monoisotopic (exact) mass is 309 g/mol. The van der Waals surface area contributed by atoms with Gasteiger partial charge in [-0.1, -0.05) is 0 Å². The predicted octanol–water partition coefficient (Wildman–Crippen LogP) is 4.50. The van der Waals surface area contributed by atoms with Crippen LogP contribution in [0.25, 0.3) is 6.08 Å². The molecule has 1 unspecified atom stereocenters. The van der Waals surface area contributed by atoms with Gasteiger partial charge in [-0.3, -0.25) is 0 Å². The molecule has 0 spiro atoms. The van der Waals surface area contributed by atoms with E-state index >= 15 is 0 Å². The quantitative estimate of drug-likeness (QED) is 0.754. The van der Waals surface area contributed by atoms with Crippen LogP contribution in [-0.4, -0.2) is 0 Å². The predicted molar refractivity (Wildman–Crippen MR) is 72.8 cm³/mol. The summed E-state index contributed by atoms with van der Waals surface area (Å²) in [7, 11) is 0. The average molecular weight is 311 g/mol. The summed E-state index contributed by atoms with van der Waals surface area (Å²) in [4.78, 5) is 0. The van der Waals surface area contributed by atoms with Gasteiger partial charge in [-0.2, -0.15) is 0 Å². The molecule has 0 aliphatic heterocycles. The van der Waals surface area contributed by atoms with Gasteiger partial charge in [-0.05, 0) is 0 Å². The Bertz CT molecular complexity index is 600. The van der Waals surface area contributed by atoms with E-state index < -0.39 is 0 Å². The fourth-order valence-electron chi connectivity index (χ4n) is 2.68. The fraction of sp³-hybridized carbons (Fsp3) is 0.176. The summed E-state index contributed by atoms with van der Waals surface area (Å²) in [6.45, 7) is 2.20. The van der Waals surface area contributed by atoms with Crippen molar-refractivity contribution >= 4 is 6.08 Å². The van der Waals surface area contributed by atoms with Crippen molar-refractivity contribution in [1.29, 1.82) is 0 Å². The van der Waals surface area contributed by atoms with Crippen LogP contribution in [0.4, 0.5) is 0 Å². The Morgan fingerprint density at radius 1 is 1.17 bits per heavy atom. The van der Waals surface area contributed by atoms with Gasteiger partial charge in [-0.25, -0.2) is 0 Å². The summed E-state index contributed by atoms with van der Waals surface area (Å²) < 4.78 is 1.52. The Kier molecular flexibility index (Phi) is 3.35. The molecule has 0 aromatic heterocycles. The molecule has 1 heteroatoms. The molecule has 0 radical (unpaired) electrons. The summed E-state index contributed by atoms with van der Waals surface area (Å²) in [5.74, 6) is 0.467. The van der Waals surface area contributed by atoms with Gasteiger partial charge in [0.05, 0.1) is 0 Å². The van der Waals surface area contributed by atoms with Crippen molar-refractivity contribution in [3.8, 4) is 0 Å². The Morgan fingerprint density at radius 3 is 2.83 bits per heavy atom. The zero-order valence-electron chi connectivity index (χ0n) is 10.5. The van der Waals surface area contributed by atoms with Gasteiger partial charge in [0.25, 0.3) is 0 Å². The zero-order chi connectivity index (χ0) is 12.5. The Morgan fingerprint density at radius 2 is 2.00 bits per heavy atom. The molecule has 0 N–H and O–H groups in total. The molecule has 3 rings (SSSR count). The van der Waals surface area contributed by atoms with Crippen molar-refractivity contribution in [1.82, 2.24) is 0 Å². The fourth-order valence-corrected chi connectivity index (χ4v) is 3.73.